The Bertz CT molecular complexity index is 679. The van der Waals surface area contributed by atoms with E-state index < -0.39 is 5.91 Å². The van der Waals surface area contributed by atoms with Crippen molar-refractivity contribution in [3.8, 4) is 5.75 Å². The first-order valence-electron chi connectivity index (χ1n) is 7.12. The lowest BCUT2D eigenvalue weighted by molar-refractivity contribution is -0.126. The van der Waals surface area contributed by atoms with Gasteiger partial charge >= 0.3 is 0 Å². The summed E-state index contributed by atoms with van der Waals surface area (Å²) >= 11 is 0. The first-order chi connectivity index (χ1) is 11.2. The lowest BCUT2D eigenvalue weighted by atomic mass is 10.1. The molecule has 0 saturated heterocycles. The van der Waals surface area contributed by atoms with Crippen molar-refractivity contribution >= 4 is 17.9 Å². The van der Waals surface area contributed by atoms with E-state index >= 15 is 0 Å². The molecular weight excluding hydrogens is 292 g/mol. The van der Waals surface area contributed by atoms with Crippen LogP contribution in [0.2, 0.25) is 0 Å². The van der Waals surface area contributed by atoms with Gasteiger partial charge in [-0.2, -0.15) is 0 Å². The molecule has 2 rings (SSSR count). The summed E-state index contributed by atoms with van der Waals surface area (Å²) in [5.41, 5.74) is 6.46. The van der Waals surface area contributed by atoms with Gasteiger partial charge in [-0.05, 0) is 29.3 Å². The van der Waals surface area contributed by atoms with Crippen LogP contribution >= 0.6 is 0 Å². The highest BCUT2D eigenvalue weighted by molar-refractivity contribution is 5.93. The standard InChI is InChI=1S/C18H18N2O3/c1-23-16-10-7-15(8-11-16)13-18(22)20-19-17(21)12-9-14-5-3-2-4-6-14/h2-12H,13H2,1H3,(H,19,21)(H,20,22)/b12-9-. The van der Waals surface area contributed by atoms with E-state index in [0.717, 1.165) is 16.9 Å². The molecule has 0 heterocycles. The first-order valence-corrected chi connectivity index (χ1v) is 7.12. The van der Waals surface area contributed by atoms with Gasteiger partial charge in [0.1, 0.15) is 5.75 Å². The molecule has 0 aliphatic carbocycles. The second kappa shape index (κ2) is 8.38. The molecule has 5 nitrogen and oxygen atoms in total. The summed E-state index contributed by atoms with van der Waals surface area (Å²) in [6.07, 6.45) is 3.21. The second-order valence-electron chi connectivity index (χ2n) is 4.81. The highest BCUT2D eigenvalue weighted by atomic mass is 16.5. The molecule has 0 bridgehead atoms. The summed E-state index contributed by atoms with van der Waals surface area (Å²) in [7, 11) is 1.58. The molecule has 23 heavy (non-hydrogen) atoms. The SMILES string of the molecule is COc1ccc(CC(=O)NNC(=O)/C=C\c2ccccc2)cc1. The molecule has 0 aliphatic rings. The zero-order chi connectivity index (χ0) is 16.5. The molecule has 0 radical (unpaired) electrons. The normalized spacial score (nSPS) is 10.3. The van der Waals surface area contributed by atoms with Gasteiger partial charge in [-0.1, -0.05) is 42.5 Å². The lowest BCUT2D eigenvalue weighted by Crippen LogP contribution is -2.41. The molecule has 0 atom stereocenters. The average molecular weight is 310 g/mol. The highest BCUT2D eigenvalue weighted by Crippen LogP contribution is 2.11. The number of rotatable bonds is 5. The van der Waals surface area contributed by atoms with Gasteiger partial charge in [0.05, 0.1) is 13.5 Å². The Hall–Kier alpha value is -3.08. The van der Waals surface area contributed by atoms with Gasteiger partial charge in [-0.25, -0.2) is 0 Å². The van der Waals surface area contributed by atoms with Gasteiger partial charge in [0.25, 0.3) is 5.91 Å². The highest BCUT2D eigenvalue weighted by Gasteiger charge is 2.04. The fourth-order valence-electron chi connectivity index (χ4n) is 1.88. The minimum absolute atomic E-state index is 0.173. The van der Waals surface area contributed by atoms with E-state index in [4.69, 9.17) is 4.74 Å². The first kappa shape index (κ1) is 16.3. The van der Waals surface area contributed by atoms with Crippen LogP contribution in [0, 0.1) is 0 Å². The van der Waals surface area contributed by atoms with Gasteiger partial charge in [0, 0.05) is 6.08 Å². The Morgan fingerprint density at radius 1 is 1.00 bits per heavy atom. The number of carbonyl (C=O) groups is 2. The average Bonchev–Trinajstić information content (AvgIpc) is 2.60. The Morgan fingerprint density at radius 2 is 1.70 bits per heavy atom. The van der Waals surface area contributed by atoms with Crippen LogP contribution in [0.4, 0.5) is 0 Å². The molecular formula is C18H18N2O3. The summed E-state index contributed by atoms with van der Waals surface area (Å²) < 4.78 is 5.05. The molecule has 0 spiro atoms. The van der Waals surface area contributed by atoms with Gasteiger partial charge in [-0.15, -0.1) is 0 Å². The zero-order valence-electron chi connectivity index (χ0n) is 12.8. The van der Waals surface area contributed by atoms with Crippen molar-refractivity contribution in [3.63, 3.8) is 0 Å². The van der Waals surface area contributed by atoms with Crippen molar-refractivity contribution < 1.29 is 14.3 Å². The van der Waals surface area contributed by atoms with E-state index in [1.54, 1.807) is 37.5 Å². The topological polar surface area (TPSA) is 67.4 Å². The largest absolute Gasteiger partial charge is 0.497 e. The van der Waals surface area contributed by atoms with E-state index in [1.807, 2.05) is 30.3 Å². The predicted octanol–water partition coefficient (Wildman–Crippen LogP) is 2.10. The molecule has 0 saturated carbocycles. The number of hydrogen-bond donors (Lipinski definition) is 2. The molecule has 0 unspecified atom stereocenters. The van der Waals surface area contributed by atoms with E-state index in [1.165, 1.54) is 6.08 Å². The van der Waals surface area contributed by atoms with Gasteiger partial charge in [-0.3, -0.25) is 20.4 Å². The van der Waals surface area contributed by atoms with Crippen molar-refractivity contribution in [3.05, 3.63) is 71.8 Å². The summed E-state index contributed by atoms with van der Waals surface area (Å²) in [6.45, 7) is 0. The van der Waals surface area contributed by atoms with Crippen LogP contribution in [0.25, 0.3) is 6.08 Å². The maximum Gasteiger partial charge on any atom is 0.262 e. The molecule has 0 fully saturated rings. The number of amides is 2. The van der Waals surface area contributed by atoms with Crippen LogP contribution in [0.5, 0.6) is 5.75 Å². The van der Waals surface area contributed by atoms with Crippen LogP contribution in [-0.2, 0) is 16.0 Å². The zero-order valence-corrected chi connectivity index (χ0v) is 12.8. The number of hydrazine groups is 1. The Balaban J connectivity index is 1.77. The van der Waals surface area contributed by atoms with E-state index in [-0.39, 0.29) is 12.3 Å². The van der Waals surface area contributed by atoms with Crippen molar-refractivity contribution in [2.24, 2.45) is 0 Å². The molecule has 2 N–H and O–H groups in total. The van der Waals surface area contributed by atoms with Gasteiger partial charge in [0.2, 0.25) is 5.91 Å². The van der Waals surface area contributed by atoms with Crippen molar-refractivity contribution in [2.45, 2.75) is 6.42 Å². The smallest absolute Gasteiger partial charge is 0.262 e. The fraction of sp³-hybridized carbons (Fsp3) is 0.111. The third kappa shape index (κ3) is 5.67. The molecule has 2 aromatic carbocycles. The van der Waals surface area contributed by atoms with Crippen molar-refractivity contribution in [2.75, 3.05) is 7.11 Å². The molecule has 0 aliphatic heterocycles. The number of hydrogen-bond acceptors (Lipinski definition) is 3. The molecule has 5 heteroatoms. The summed E-state index contributed by atoms with van der Waals surface area (Å²) in [5, 5.41) is 0. The van der Waals surface area contributed by atoms with Gasteiger partial charge in [0.15, 0.2) is 0 Å². The summed E-state index contributed by atoms with van der Waals surface area (Å²) in [6, 6.07) is 16.6. The molecule has 2 amide bonds. The maximum absolute atomic E-state index is 11.8. The Morgan fingerprint density at radius 3 is 2.35 bits per heavy atom. The third-order valence-electron chi connectivity index (χ3n) is 3.08. The van der Waals surface area contributed by atoms with Gasteiger partial charge < -0.3 is 4.74 Å². The van der Waals surface area contributed by atoms with Crippen LogP contribution in [0.1, 0.15) is 11.1 Å². The van der Waals surface area contributed by atoms with E-state index in [0.29, 0.717) is 0 Å². The minimum atomic E-state index is -0.392. The predicted molar refractivity (Wildman–Crippen MR) is 88.5 cm³/mol. The minimum Gasteiger partial charge on any atom is -0.497 e. The van der Waals surface area contributed by atoms with Crippen molar-refractivity contribution in [1.82, 2.24) is 10.9 Å². The number of carbonyl (C=O) groups excluding carboxylic acids is 2. The number of benzene rings is 2. The number of nitrogens with one attached hydrogen (secondary N) is 2. The summed E-state index contributed by atoms with van der Waals surface area (Å²) in [4.78, 5) is 23.4. The number of ether oxygens (including phenoxy) is 1. The third-order valence-corrected chi connectivity index (χ3v) is 3.08. The van der Waals surface area contributed by atoms with Crippen LogP contribution < -0.4 is 15.6 Å². The Labute approximate surface area is 134 Å². The fourth-order valence-corrected chi connectivity index (χ4v) is 1.88. The van der Waals surface area contributed by atoms with E-state index in [2.05, 4.69) is 10.9 Å². The molecule has 0 aromatic heterocycles. The maximum atomic E-state index is 11.8. The monoisotopic (exact) mass is 310 g/mol. The molecule has 2 aromatic rings. The van der Waals surface area contributed by atoms with Crippen LogP contribution in [-0.4, -0.2) is 18.9 Å². The second-order valence-corrected chi connectivity index (χ2v) is 4.81. The Kier molecular flexibility index (Phi) is 5.94. The summed E-state index contributed by atoms with van der Waals surface area (Å²) in [5.74, 6) is 0.0436. The van der Waals surface area contributed by atoms with Crippen LogP contribution in [0.3, 0.4) is 0 Å². The lowest BCUT2D eigenvalue weighted by Gasteiger charge is -2.06. The van der Waals surface area contributed by atoms with E-state index in [9.17, 15) is 9.59 Å². The quantitative estimate of drug-likeness (QED) is 0.656. The van der Waals surface area contributed by atoms with Crippen molar-refractivity contribution in [1.29, 1.82) is 0 Å². The van der Waals surface area contributed by atoms with Crippen LogP contribution in [0.15, 0.2) is 60.7 Å². The molecule has 118 valence electrons. The number of methoxy groups -OCH3 is 1.